The van der Waals surface area contributed by atoms with Crippen molar-refractivity contribution in [2.75, 3.05) is 39.1 Å². The molecule has 0 aromatic heterocycles. The molecule has 0 amide bonds. The van der Waals surface area contributed by atoms with Crippen LogP contribution in [0.4, 0.5) is 5.69 Å². The Morgan fingerprint density at radius 3 is 2.47 bits per heavy atom. The number of aryl methyl sites for hydroxylation is 1. The van der Waals surface area contributed by atoms with Gasteiger partial charge in [-0.15, -0.1) is 0 Å². The second-order valence-electron chi connectivity index (χ2n) is 4.38. The number of hydrogen-bond acceptors (Lipinski definition) is 5. The van der Waals surface area contributed by atoms with Crippen LogP contribution in [0.5, 0.6) is 5.75 Å². The van der Waals surface area contributed by atoms with Gasteiger partial charge in [0.15, 0.2) is 0 Å². The predicted octanol–water partition coefficient (Wildman–Crippen LogP) is 0.607. The van der Waals surface area contributed by atoms with Crippen molar-refractivity contribution >= 4 is 15.7 Å². The highest BCUT2D eigenvalue weighted by Gasteiger charge is 2.27. The lowest BCUT2D eigenvalue weighted by Crippen LogP contribution is -2.40. The van der Waals surface area contributed by atoms with Gasteiger partial charge in [0.2, 0.25) is 10.0 Å². The highest BCUT2D eigenvalue weighted by molar-refractivity contribution is 7.89. The van der Waals surface area contributed by atoms with E-state index in [0.29, 0.717) is 43.3 Å². The van der Waals surface area contributed by atoms with Crippen LogP contribution in [0.15, 0.2) is 17.0 Å². The highest BCUT2D eigenvalue weighted by atomic mass is 32.2. The van der Waals surface area contributed by atoms with E-state index < -0.39 is 10.0 Å². The van der Waals surface area contributed by atoms with E-state index in [2.05, 4.69) is 0 Å². The molecule has 1 saturated heterocycles. The Balaban J connectivity index is 2.40. The number of morpholine rings is 1. The van der Waals surface area contributed by atoms with Gasteiger partial charge in [0.05, 0.1) is 30.9 Å². The summed E-state index contributed by atoms with van der Waals surface area (Å²) in [6.07, 6.45) is 0. The normalized spacial score (nSPS) is 17.4. The van der Waals surface area contributed by atoms with E-state index in [9.17, 15) is 8.42 Å². The Bertz CT molecular complexity index is 542. The molecule has 1 aromatic carbocycles. The van der Waals surface area contributed by atoms with Crippen molar-refractivity contribution in [1.82, 2.24) is 4.31 Å². The third-order valence-corrected chi connectivity index (χ3v) is 4.97. The second-order valence-corrected chi connectivity index (χ2v) is 6.32. The van der Waals surface area contributed by atoms with E-state index in [4.69, 9.17) is 15.2 Å². The lowest BCUT2D eigenvalue weighted by Gasteiger charge is -2.26. The van der Waals surface area contributed by atoms with E-state index in [0.717, 1.165) is 0 Å². The largest absolute Gasteiger partial charge is 0.494 e. The van der Waals surface area contributed by atoms with Crippen LogP contribution < -0.4 is 10.5 Å². The zero-order chi connectivity index (χ0) is 14.0. The average molecular weight is 286 g/mol. The van der Waals surface area contributed by atoms with E-state index in [1.165, 1.54) is 17.5 Å². The van der Waals surface area contributed by atoms with Crippen molar-refractivity contribution in [3.05, 3.63) is 17.7 Å². The first-order chi connectivity index (χ1) is 8.96. The molecule has 0 unspecified atom stereocenters. The fraction of sp³-hybridized carbons (Fsp3) is 0.500. The van der Waals surface area contributed by atoms with E-state index >= 15 is 0 Å². The number of nitrogen functional groups attached to an aromatic ring is 1. The van der Waals surface area contributed by atoms with Crippen LogP contribution in [-0.2, 0) is 14.8 Å². The molecule has 2 rings (SSSR count). The molecule has 0 aliphatic carbocycles. The summed E-state index contributed by atoms with van der Waals surface area (Å²) in [5.41, 5.74) is 6.86. The summed E-state index contributed by atoms with van der Waals surface area (Å²) in [4.78, 5) is 0.199. The first-order valence-electron chi connectivity index (χ1n) is 5.99. The Morgan fingerprint density at radius 1 is 1.32 bits per heavy atom. The number of nitrogens with two attached hydrogens (primary N) is 1. The number of benzene rings is 1. The van der Waals surface area contributed by atoms with Crippen LogP contribution in [0.1, 0.15) is 5.56 Å². The summed E-state index contributed by atoms with van der Waals surface area (Å²) in [6.45, 7) is 3.35. The van der Waals surface area contributed by atoms with Gasteiger partial charge in [-0.05, 0) is 24.6 Å². The van der Waals surface area contributed by atoms with Crippen LogP contribution in [0, 0.1) is 6.92 Å². The molecule has 0 saturated carbocycles. The van der Waals surface area contributed by atoms with Gasteiger partial charge in [-0.2, -0.15) is 4.31 Å². The number of hydrogen-bond donors (Lipinski definition) is 1. The van der Waals surface area contributed by atoms with Gasteiger partial charge in [0, 0.05) is 13.1 Å². The summed E-state index contributed by atoms with van der Waals surface area (Å²) in [5.74, 6) is 0.515. The summed E-state index contributed by atoms with van der Waals surface area (Å²) >= 11 is 0. The third-order valence-electron chi connectivity index (χ3n) is 3.09. The third kappa shape index (κ3) is 2.68. The van der Waals surface area contributed by atoms with Crippen molar-refractivity contribution in [3.8, 4) is 5.75 Å². The smallest absolute Gasteiger partial charge is 0.243 e. The number of nitrogens with zero attached hydrogens (tertiary/aromatic N) is 1. The van der Waals surface area contributed by atoms with Crippen molar-refractivity contribution in [2.45, 2.75) is 11.8 Å². The molecule has 1 fully saturated rings. The fourth-order valence-corrected chi connectivity index (χ4v) is 3.66. The molecule has 1 aliphatic rings. The minimum Gasteiger partial charge on any atom is -0.494 e. The van der Waals surface area contributed by atoms with E-state index in [1.807, 2.05) is 0 Å². The molecule has 19 heavy (non-hydrogen) atoms. The van der Waals surface area contributed by atoms with Crippen LogP contribution in [0.2, 0.25) is 0 Å². The van der Waals surface area contributed by atoms with E-state index in [-0.39, 0.29) is 4.90 Å². The van der Waals surface area contributed by atoms with Gasteiger partial charge in [0.25, 0.3) is 0 Å². The molecule has 0 atom stereocenters. The van der Waals surface area contributed by atoms with Gasteiger partial charge in [-0.3, -0.25) is 0 Å². The quantitative estimate of drug-likeness (QED) is 0.823. The zero-order valence-electron chi connectivity index (χ0n) is 11.0. The van der Waals surface area contributed by atoms with Crippen LogP contribution in [0.3, 0.4) is 0 Å². The first kappa shape index (κ1) is 14.1. The fourth-order valence-electron chi connectivity index (χ4n) is 2.13. The number of rotatable bonds is 3. The standard InChI is InChI=1S/C12H18N2O4S/c1-9-7-10(8-11(13)12(9)17-2)19(15,16)14-3-5-18-6-4-14/h7-8H,3-6,13H2,1-2H3. The minimum absolute atomic E-state index is 0.199. The van der Waals surface area contributed by atoms with Gasteiger partial charge in [-0.1, -0.05) is 0 Å². The molecule has 0 spiro atoms. The van der Waals surface area contributed by atoms with Gasteiger partial charge < -0.3 is 15.2 Å². The molecule has 2 N–H and O–H groups in total. The maximum absolute atomic E-state index is 12.5. The second kappa shape index (κ2) is 5.36. The predicted molar refractivity (Wildman–Crippen MR) is 71.7 cm³/mol. The first-order valence-corrected chi connectivity index (χ1v) is 7.43. The van der Waals surface area contributed by atoms with Crippen molar-refractivity contribution < 1.29 is 17.9 Å². The molecule has 6 nitrogen and oxygen atoms in total. The van der Waals surface area contributed by atoms with Crippen LogP contribution in [0.25, 0.3) is 0 Å². The topological polar surface area (TPSA) is 81.9 Å². The highest BCUT2D eigenvalue weighted by Crippen LogP contribution is 2.30. The number of methoxy groups -OCH3 is 1. The molecule has 0 bridgehead atoms. The minimum atomic E-state index is -3.51. The van der Waals surface area contributed by atoms with Gasteiger partial charge in [-0.25, -0.2) is 8.42 Å². The maximum Gasteiger partial charge on any atom is 0.243 e. The average Bonchev–Trinajstić information content (AvgIpc) is 2.39. The van der Waals surface area contributed by atoms with Crippen molar-refractivity contribution in [3.63, 3.8) is 0 Å². The maximum atomic E-state index is 12.5. The molecule has 1 aromatic rings. The molecular weight excluding hydrogens is 268 g/mol. The van der Waals surface area contributed by atoms with Crippen molar-refractivity contribution in [1.29, 1.82) is 0 Å². The summed E-state index contributed by atoms with van der Waals surface area (Å²) < 4.78 is 36.6. The zero-order valence-corrected chi connectivity index (χ0v) is 11.9. The summed E-state index contributed by atoms with van der Waals surface area (Å²) in [5, 5.41) is 0. The van der Waals surface area contributed by atoms with Crippen LogP contribution in [-0.4, -0.2) is 46.1 Å². The molecule has 1 heterocycles. The van der Waals surface area contributed by atoms with E-state index in [1.54, 1.807) is 13.0 Å². The number of sulfonamides is 1. The molecule has 1 aliphatic heterocycles. The van der Waals surface area contributed by atoms with Crippen molar-refractivity contribution in [2.24, 2.45) is 0 Å². The Kier molecular flexibility index (Phi) is 3.98. The SMILES string of the molecule is COc1c(C)cc(S(=O)(=O)N2CCOCC2)cc1N. The lowest BCUT2D eigenvalue weighted by atomic mass is 10.2. The van der Waals surface area contributed by atoms with Crippen LogP contribution >= 0.6 is 0 Å². The Labute approximate surface area is 113 Å². The molecular formula is C12H18N2O4S. The molecule has 7 heteroatoms. The number of anilines is 1. The summed E-state index contributed by atoms with van der Waals surface area (Å²) in [6, 6.07) is 3.02. The summed E-state index contributed by atoms with van der Waals surface area (Å²) in [7, 11) is -2.01. The van der Waals surface area contributed by atoms with Gasteiger partial charge >= 0.3 is 0 Å². The monoisotopic (exact) mass is 286 g/mol. The lowest BCUT2D eigenvalue weighted by molar-refractivity contribution is 0.0730. The van der Waals surface area contributed by atoms with Gasteiger partial charge in [0.1, 0.15) is 5.75 Å². The molecule has 106 valence electrons. The molecule has 0 radical (unpaired) electrons. The Hall–Kier alpha value is -1.31. The Morgan fingerprint density at radius 2 is 1.95 bits per heavy atom. The number of ether oxygens (including phenoxy) is 2.